The fraction of sp³-hybridized carbons (Fsp3) is 0.0545. The molecule has 10 rings (SSSR count). The molecule has 3 heteroatoms. The summed E-state index contributed by atoms with van der Waals surface area (Å²) in [6, 6.07) is 43.0. The molecular weight excluding hydrogens is 703 g/mol. The fourth-order valence-corrected chi connectivity index (χ4v) is 9.80. The molecule has 3 nitrogen and oxygen atoms in total. The Kier molecular flexibility index (Phi) is 8.60. The molecule has 0 atom stereocenters. The first-order valence-electron chi connectivity index (χ1n) is 19.8. The quantitative estimate of drug-likeness (QED) is 0.127. The van der Waals surface area contributed by atoms with Crippen LogP contribution in [0.3, 0.4) is 0 Å². The fourth-order valence-electron chi connectivity index (χ4n) is 9.80. The Labute approximate surface area is 340 Å². The summed E-state index contributed by atoms with van der Waals surface area (Å²) in [5, 5.41) is 0. The zero-order valence-electron chi connectivity index (χ0n) is 32.2. The molecule has 0 unspecified atom stereocenters. The number of benzene rings is 5. The lowest BCUT2D eigenvalue weighted by atomic mass is 9.52. The van der Waals surface area contributed by atoms with Crippen LogP contribution in [0.5, 0.6) is 0 Å². The van der Waals surface area contributed by atoms with E-state index >= 15 is 0 Å². The molecule has 0 radical (unpaired) electrons. The van der Waals surface area contributed by atoms with Crippen LogP contribution in [0.1, 0.15) is 57.0 Å². The smallest absolute Gasteiger partial charge is 0.161 e. The Morgan fingerprint density at radius 2 is 1.26 bits per heavy atom. The third-order valence-corrected chi connectivity index (χ3v) is 12.0. The van der Waals surface area contributed by atoms with E-state index in [-0.39, 0.29) is 0 Å². The second-order valence-corrected chi connectivity index (χ2v) is 14.7. The summed E-state index contributed by atoms with van der Waals surface area (Å²) < 4.78 is 0. The molecule has 0 fully saturated rings. The Morgan fingerprint density at radius 1 is 0.638 bits per heavy atom. The second kappa shape index (κ2) is 14.2. The number of aliphatic imine (C=N–C) groups is 3. The van der Waals surface area contributed by atoms with Crippen LogP contribution in [0.4, 0.5) is 0 Å². The normalized spacial score (nSPS) is 23.4. The molecule has 5 aliphatic rings. The van der Waals surface area contributed by atoms with Crippen LogP contribution in [0.2, 0.25) is 0 Å². The summed E-state index contributed by atoms with van der Waals surface area (Å²) in [5.41, 5.74) is 19.1. The Morgan fingerprint density at radius 3 is 1.98 bits per heavy atom. The van der Waals surface area contributed by atoms with Crippen molar-refractivity contribution in [2.24, 2.45) is 15.0 Å². The predicted octanol–water partition coefficient (Wildman–Crippen LogP) is 12.3. The zero-order chi connectivity index (χ0) is 39.1. The predicted molar refractivity (Wildman–Crippen MR) is 242 cm³/mol. The van der Waals surface area contributed by atoms with Crippen molar-refractivity contribution in [1.29, 1.82) is 0 Å². The van der Waals surface area contributed by atoms with Gasteiger partial charge >= 0.3 is 0 Å². The summed E-state index contributed by atoms with van der Waals surface area (Å²) in [7, 11) is 0. The van der Waals surface area contributed by atoms with Gasteiger partial charge in [-0.2, -0.15) is 0 Å². The van der Waals surface area contributed by atoms with Crippen molar-refractivity contribution in [3.05, 3.63) is 274 Å². The van der Waals surface area contributed by atoms with Gasteiger partial charge in [0.05, 0.1) is 10.8 Å². The number of hydrogen-bond acceptors (Lipinski definition) is 3. The van der Waals surface area contributed by atoms with Crippen molar-refractivity contribution < 1.29 is 0 Å². The topological polar surface area (TPSA) is 37.1 Å². The minimum atomic E-state index is -0.639. The first-order chi connectivity index (χ1) is 28.7. The van der Waals surface area contributed by atoms with Gasteiger partial charge in [-0.25, -0.2) is 15.0 Å². The van der Waals surface area contributed by atoms with Gasteiger partial charge in [-0.05, 0) is 104 Å². The van der Waals surface area contributed by atoms with Crippen molar-refractivity contribution in [2.75, 3.05) is 0 Å². The van der Waals surface area contributed by atoms with Gasteiger partial charge in [-0.3, -0.25) is 0 Å². The van der Waals surface area contributed by atoms with E-state index in [0.29, 0.717) is 11.7 Å². The van der Waals surface area contributed by atoms with Crippen molar-refractivity contribution in [2.45, 2.75) is 17.8 Å². The third kappa shape index (κ3) is 5.04. The lowest BCUT2D eigenvalue weighted by Crippen LogP contribution is -2.44. The van der Waals surface area contributed by atoms with Crippen LogP contribution < -0.4 is 0 Å². The molecule has 5 aromatic rings. The number of fused-ring (bicyclic) bond motifs is 15. The van der Waals surface area contributed by atoms with E-state index in [4.69, 9.17) is 15.0 Å². The second-order valence-electron chi connectivity index (χ2n) is 14.7. The minimum absolute atomic E-state index is 0.555. The van der Waals surface area contributed by atoms with E-state index in [9.17, 15) is 0 Å². The van der Waals surface area contributed by atoms with Crippen LogP contribution in [0.15, 0.2) is 239 Å². The molecule has 0 N–H and O–H groups in total. The molecule has 5 aromatic carbocycles. The largest absolute Gasteiger partial charge is 0.237 e. The van der Waals surface area contributed by atoms with E-state index in [2.05, 4.69) is 146 Å². The maximum atomic E-state index is 5.22. The number of hydrogen-bond donors (Lipinski definition) is 0. The average Bonchev–Trinajstić information content (AvgIpc) is 3.55. The van der Waals surface area contributed by atoms with E-state index in [1.165, 1.54) is 66.8 Å². The maximum Gasteiger partial charge on any atom is 0.161 e. The summed E-state index contributed by atoms with van der Waals surface area (Å²) in [5.74, 6) is 1.12. The van der Waals surface area contributed by atoms with E-state index in [0.717, 1.165) is 11.1 Å². The highest BCUT2D eigenvalue weighted by Crippen LogP contribution is 2.67. The van der Waals surface area contributed by atoms with Crippen LogP contribution in [0, 0.1) is 0 Å². The van der Waals surface area contributed by atoms with Gasteiger partial charge < -0.3 is 0 Å². The molecule has 0 bridgehead atoms. The number of rotatable bonds is 4. The zero-order valence-corrected chi connectivity index (χ0v) is 32.2. The van der Waals surface area contributed by atoms with Crippen molar-refractivity contribution in [1.82, 2.24) is 0 Å². The van der Waals surface area contributed by atoms with Crippen LogP contribution in [-0.4, -0.2) is 17.9 Å². The van der Waals surface area contributed by atoms with Crippen LogP contribution in [0.25, 0.3) is 16.7 Å². The highest BCUT2D eigenvalue weighted by atomic mass is 15.0. The van der Waals surface area contributed by atoms with Gasteiger partial charge in [0.25, 0.3) is 0 Å². The van der Waals surface area contributed by atoms with Gasteiger partial charge in [0.1, 0.15) is 0 Å². The average molecular weight is 742 g/mol. The van der Waals surface area contributed by atoms with Crippen LogP contribution >= 0.6 is 0 Å². The molecule has 1 heterocycles. The van der Waals surface area contributed by atoms with Crippen LogP contribution in [-0.2, 0) is 10.8 Å². The summed E-state index contributed by atoms with van der Waals surface area (Å²) in [6.07, 6.45) is 29.5. The maximum absolute atomic E-state index is 5.22. The molecule has 0 saturated carbocycles. The number of nitrogens with zero attached hydrogens (tertiary/aromatic N) is 3. The molecule has 274 valence electrons. The Hall–Kier alpha value is -7.45. The summed E-state index contributed by atoms with van der Waals surface area (Å²) >= 11 is 0. The molecule has 58 heavy (non-hydrogen) atoms. The van der Waals surface area contributed by atoms with E-state index < -0.39 is 10.8 Å². The van der Waals surface area contributed by atoms with Gasteiger partial charge in [-0.15, -0.1) is 5.73 Å². The molecule has 2 spiro atoms. The standard InChI is InChI=1S/C55H39N3/c1-3-5-22-38(4-2)52-56-35-20-7-6-8-21-36-57-53(58-52)39-33-34-43-42-25-13-15-28-46(42)55(51(43)37-39)49-31-18-16-29-47(49)54(48-30-17-19-32-50(48)55)44-26-11-9-10-23-40(44)41-24-12-14-27-45(41)54/h3-10,12-37H,1H2,2H3/b7-6-,8-6?,20-7?,21-8+,22-5-,35-20-,36-21?,38-4+,56-35?,56-52-,57-36?,57-53?,58-52?,58-53?. The lowest BCUT2D eigenvalue weighted by molar-refractivity contribution is 0.630. The Balaban J connectivity index is 1.28. The first-order valence-corrected chi connectivity index (χ1v) is 19.8. The molecule has 4 aliphatic carbocycles. The van der Waals surface area contributed by atoms with Gasteiger partial charge in [0.2, 0.25) is 0 Å². The lowest BCUT2D eigenvalue weighted by Gasteiger charge is -2.49. The highest BCUT2D eigenvalue weighted by molar-refractivity contribution is 6.15. The Bertz CT molecular complexity index is 2910. The van der Waals surface area contributed by atoms with E-state index in [1.807, 2.05) is 61.6 Å². The molecule has 0 aromatic heterocycles. The molecule has 1 aliphatic heterocycles. The first kappa shape index (κ1) is 35.0. The van der Waals surface area contributed by atoms with Gasteiger partial charge in [0.15, 0.2) is 11.7 Å². The third-order valence-electron chi connectivity index (χ3n) is 12.0. The number of allylic oxidation sites excluding steroid dienone is 13. The van der Waals surface area contributed by atoms with E-state index in [1.54, 1.807) is 18.5 Å². The van der Waals surface area contributed by atoms with Gasteiger partial charge in [0, 0.05) is 23.6 Å². The molecule has 0 amide bonds. The molecule has 0 saturated heterocycles. The molecular formula is C55H39N3. The SMILES string of the molecule is C=C\C=C/C(=C\C)C1=N/C=C\C=C/C=C/C=NC(c2ccc3c(c2)C2(c4ccccc4-3)c3ccccc3C3(C4=C(C=CC=C=C4)c4ccccc43)c3ccccc32)=N\1. The summed E-state index contributed by atoms with van der Waals surface area (Å²) in [4.78, 5) is 15.1. The number of amidine groups is 2. The summed E-state index contributed by atoms with van der Waals surface area (Å²) in [6.45, 7) is 5.88. The monoisotopic (exact) mass is 741 g/mol. The van der Waals surface area contributed by atoms with Crippen molar-refractivity contribution >= 4 is 23.5 Å². The van der Waals surface area contributed by atoms with Gasteiger partial charge in [-0.1, -0.05) is 170 Å². The van der Waals surface area contributed by atoms with Crippen molar-refractivity contribution in [3.8, 4) is 11.1 Å². The highest BCUT2D eigenvalue weighted by Gasteiger charge is 2.59. The van der Waals surface area contributed by atoms with Crippen molar-refractivity contribution in [3.63, 3.8) is 0 Å². The minimum Gasteiger partial charge on any atom is -0.237 e.